The highest BCUT2D eigenvalue weighted by molar-refractivity contribution is 7.87. The van der Waals surface area contributed by atoms with Gasteiger partial charge < -0.3 is 10.6 Å². The van der Waals surface area contributed by atoms with Crippen molar-refractivity contribution in [1.29, 1.82) is 0 Å². The van der Waals surface area contributed by atoms with Gasteiger partial charge in [0.1, 0.15) is 0 Å². The first-order chi connectivity index (χ1) is 8.70. The molecule has 0 aliphatic carbocycles. The highest BCUT2D eigenvalue weighted by Gasteiger charge is 2.32. The molecule has 0 bridgehead atoms. The van der Waals surface area contributed by atoms with Gasteiger partial charge in [0.05, 0.1) is 0 Å². The van der Waals surface area contributed by atoms with Gasteiger partial charge in [-0.05, 0) is 40.8 Å². The number of nitrogens with zero attached hydrogens (tertiary/aromatic N) is 2. The molecule has 1 unspecified atom stereocenters. The lowest BCUT2D eigenvalue weighted by Crippen LogP contribution is -2.55. The third-order valence-electron chi connectivity index (χ3n) is 4.05. The Kier molecular flexibility index (Phi) is 5.76. The Hall–Kier alpha value is -0.210. The fourth-order valence-corrected chi connectivity index (χ4v) is 3.69. The lowest BCUT2D eigenvalue weighted by Gasteiger charge is -2.36. The molecule has 114 valence electrons. The number of likely N-dealkylation sites (N-methyl/N-ethyl adjacent to an activating group) is 1. The van der Waals surface area contributed by atoms with E-state index in [-0.39, 0.29) is 11.6 Å². The summed E-state index contributed by atoms with van der Waals surface area (Å²) in [7, 11) is 0.450. The van der Waals surface area contributed by atoms with E-state index in [9.17, 15) is 8.42 Å². The van der Waals surface area contributed by atoms with Gasteiger partial charge in [0.2, 0.25) is 0 Å². The van der Waals surface area contributed by atoms with Crippen molar-refractivity contribution in [2.45, 2.75) is 44.7 Å². The van der Waals surface area contributed by atoms with Gasteiger partial charge in [-0.2, -0.15) is 12.7 Å². The van der Waals surface area contributed by atoms with E-state index in [4.69, 9.17) is 5.73 Å². The first-order valence-corrected chi connectivity index (χ1v) is 8.28. The molecule has 0 radical (unpaired) electrons. The van der Waals surface area contributed by atoms with E-state index in [2.05, 4.69) is 4.72 Å². The normalized spacial score (nSPS) is 22.9. The van der Waals surface area contributed by atoms with Crippen LogP contribution in [0.1, 0.15) is 33.1 Å². The fourth-order valence-electron chi connectivity index (χ4n) is 2.03. The smallest absolute Gasteiger partial charge is 0.279 e. The molecule has 1 saturated heterocycles. The second kappa shape index (κ2) is 6.49. The van der Waals surface area contributed by atoms with Crippen molar-refractivity contribution >= 4 is 10.2 Å². The summed E-state index contributed by atoms with van der Waals surface area (Å²) in [6.45, 7) is 5.35. The average Bonchev–Trinajstić information content (AvgIpc) is 2.36. The van der Waals surface area contributed by atoms with Gasteiger partial charge in [0.15, 0.2) is 0 Å². The molecule has 1 fully saturated rings. The molecular formula is C12H28N4O2S. The molecule has 0 aromatic carbocycles. The minimum absolute atomic E-state index is 0.0614. The predicted molar refractivity (Wildman–Crippen MR) is 78.1 cm³/mol. The number of hydrogen-bond donors (Lipinski definition) is 2. The SMILES string of the molecule is CN(C)C(C)(C)CNS(=O)(=O)N1CCCCC1CN. The Morgan fingerprint density at radius 3 is 2.53 bits per heavy atom. The minimum atomic E-state index is -3.43. The Bertz CT molecular complexity index is 381. The van der Waals surface area contributed by atoms with Crippen molar-refractivity contribution in [2.75, 3.05) is 33.7 Å². The van der Waals surface area contributed by atoms with E-state index in [1.807, 2.05) is 32.8 Å². The van der Waals surface area contributed by atoms with E-state index in [0.717, 1.165) is 19.3 Å². The van der Waals surface area contributed by atoms with Crippen LogP contribution in [0.2, 0.25) is 0 Å². The van der Waals surface area contributed by atoms with Gasteiger partial charge in [-0.3, -0.25) is 0 Å². The second-order valence-electron chi connectivity index (χ2n) is 6.03. The molecule has 19 heavy (non-hydrogen) atoms. The van der Waals surface area contributed by atoms with Gasteiger partial charge in [-0.15, -0.1) is 0 Å². The van der Waals surface area contributed by atoms with Crippen LogP contribution in [0.5, 0.6) is 0 Å². The van der Waals surface area contributed by atoms with Crippen LogP contribution in [0.3, 0.4) is 0 Å². The van der Waals surface area contributed by atoms with Crippen molar-refractivity contribution < 1.29 is 8.42 Å². The van der Waals surface area contributed by atoms with Crippen molar-refractivity contribution in [3.63, 3.8) is 0 Å². The molecule has 0 amide bonds. The summed E-state index contributed by atoms with van der Waals surface area (Å²) >= 11 is 0. The zero-order chi connectivity index (χ0) is 14.7. The molecule has 1 heterocycles. The molecule has 1 aliphatic rings. The summed E-state index contributed by atoms with van der Waals surface area (Å²) < 4.78 is 29.0. The Morgan fingerprint density at radius 1 is 1.37 bits per heavy atom. The molecule has 0 saturated carbocycles. The lowest BCUT2D eigenvalue weighted by molar-refractivity contribution is 0.195. The first kappa shape index (κ1) is 16.8. The predicted octanol–water partition coefficient (Wildman–Crippen LogP) is -0.0258. The topological polar surface area (TPSA) is 78.7 Å². The third kappa shape index (κ3) is 4.39. The Balaban J connectivity index is 2.70. The van der Waals surface area contributed by atoms with Crippen LogP contribution in [-0.2, 0) is 10.2 Å². The molecule has 1 atom stereocenters. The highest BCUT2D eigenvalue weighted by Crippen LogP contribution is 2.19. The Morgan fingerprint density at radius 2 is 2.00 bits per heavy atom. The number of piperidine rings is 1. The van der Waals surface area contributed by atoms with Gasteiger partial charge >= 0.3 is 0 Å². The van der Waals surface area contributed by atoms with E-state index in [0.29, 0.717) is 19.6 Å². The molecule has 7 heteroatoms. The lowest BCUT2D eigenvalue weighted by atomic mass is 10.1. The first-order valence-electron chi connectivity index (χ1n) is 6.84. The minimum Gasteiger partial charge on any atom is -0.329 e. The maximum atomic E-state index is 12.4. The molecule has 6 nitrogen and oxygen atoms in total. The summed E-state index contributed by atoms with van der Waals surface area (Å²) in [6, 6.07) is -0.0614. The quantitative estimate of drug-likeness (QED) is 0.721. The van der Waals surface area contributed by atoms with E-state index < -0.39 is 10.2 Å². The van der Waals surface area contributed by atoms with Gasteiger partial charge in [-0.1, -0.05) is 6.42 Å². The number of nitrogens with two attached hydrogens (primary N) is 1. The van der Waals surface area contributed by atoms with Crippen LogP contribution in [0.15, 0.2) is 0 Å². The van der Waals surface area contributed by atoms with Crippen molar-refractivity contribution in [1.82, 2.24) is 13.9 Å². The Labute approximate surface area is 117 Å². The molecule has 0 spiro atoms. The zero-order valence-electron chi connectivity index (χ0n) is 12.5. The summed E-state index contributed by atoms with van der Waals surface area (Å²) in [5, 5.41) is 0. The zero-order valence-corrected chi connectivity index (χ0v) is 13.3. The van der Waals surface area contributed by atoms with Gasteiger partial charge in [-0.25, -0.2) is 4.72 Å². The highest BCUT2D eigenvalue weighted by atomic mass is 32.2. The van der Waals surface area contributed by atoms with Crippen LogP contribution >= 0.6 is 0 Å². The van der Waals surface area contributed by atoms with E-state index >= 15 is 0 Å². The van der Waals surface area contributed by atoms with E-state index in [1.54, 1.807) is 0 Å². The average molecular weight is 292 g/mol. The van der Waals surface area contributed by atoms with Crippen LogP contribution < -0.4 is 10.5 Å². The molecule has 1 aliphatic heterocycles. The summed E-state index contributed by atoms with van der Waals surface area (Å²) in [5.74, 6) is 0. The number of hydrogen-bond acceptors (Lipinski definition) is 4. The van der Waals surface area contributed by atoms with Crippen LogP contribution in [0, 0.1) is 0 Å². The molecule has 0 aromatic heterocycles. The summed E-state index contributed by atoms with van der Waals surface area (Å²) in [6.07, 6.45) is 2.82. The maximum absolute atomic E-state index is 12.4. The van der Waals surface area contributed by atoms with Crippen molar-refractivity contribution in [2.24, 2.45) is 5.73 Å². The van der Waals surface area contributed by atoms with Crippen LogP contribution in [0.4, 0.5) is 0 Å². The maximum Gasteiger partial charge on any atom is 0.279 e. The largest absolute Gasteiger partial charge is 0.329 e. The van der Waals surface area contributed by atoms with E-state index in [1.165, 1.54) is 4.31 Å². The number of nitrogens with one attached hydrogen (secondary N) is 1. The molecular weight excluding hydrogens is 264 g/mol. The van der Waals surface area contributed by atoms with Gasteiger partial charge in [0, 0.05) is 31.2 Å². The third-order valence-corrected chi connectivity index (χ3v) is 5.66. The van der Waals surface area contributed by atoms with Gasteiger partial charge in [0.25, 0.3) is 10.2 Å². The standard InChI is InChI=1S/C12H28N4O2S/c1-12(2,15(3)4)10-14-19(17,18)16-8-6-5-7-11(16)9-13/h11,14H,5-10,13H2,1-4H3. The van der Waals surface area contributed by atoms with Crippen LogP contribution in [-0.4, -0.2) is 62.9 Å². The summed E-state index contributed by atoms with van der Waals surface area (Å²) in [5.41, 5.74) is 5.46. The second-order valence-corrected chi connectivity index (χ2v) is 7.74. The number of rotatable bonds is 6. The summed E-state index contributed by atoms with van der Waals surface area (Å²) in [4.78, 5) is 2.01. The van der Waals surface area contributed by atoms with Crippen molar-refractivity contribution in [3.05, 3.63) is 0 Å². The van der Waals surface area contributed by atoms with Crippen molar-refractivity contribution in [3.8, 4) is 0 Å². The molecule has 3 N–H and O–H groups in total. The molecule has 1 rings (SSSR count). The van der Waals surface area contributed by atoms with Crippen LogP contribution in [0.25, 0.3) is 0 Å². The molecule has 0 aromatic rings. The monoisotopic (exact) mass is 292 g/mol. The fraction of sp³-hybridized carbons (Fsp3) is 1.00.